The molecule has 0 spiro atoms. The lowest BCUT2D eigenvalue weighted by Gasteiger charge is -2.38. The molecule has 1 saturated heterocycles. The van der Waals surface area contributed by atoms with E-state index in [9.17, 15) is 4.79 Å². The van der Waals surface area contributed by atoms with Crippen molar-refractivity contribution in [3.8, 4) is 0 Å². The number of hydrogen-bond donors (Lipinski definition) is 2. The van der Waals surface area contributed by atoms with E-state index in [0.717, 1.165) is 19.0 Å². The number of nitrogens with zero attached hydrogens (tertiary/aromatic N) is 1. The predicted octanol–water partition coefficient (Wildman–Crippen LogP) is 0.572. The van der Waals surface area contributed by atoms with Gasteiger partial charge in [0.2, 0.25) is 5.91 Å². The molecule has 1 amide bonds. The van der Waals surface area contributed by atoms with Crippen molar-refractivity contribution in [2.24, 2.45) is 17.6 Å². The number of likely N-dealkylation sites (tertiary alicyclic amines) is 1. The molecule has 2 rings (SSSR count). The first kappa shape index (κ1) is 12.8. The molecular weight excluding hydrogens is 214 g/mol. The molecule has 1 heterocycles. The third-order valence-corrected chi connectivity index (χ3v) is 4.10. The summed E-state index contributed by atoms with van der Waals surface area (Å²) in [5.74, 6) is 1.54. The van der Waals surface area contributed by atoms with Crippen molar-refractivity contribution < 1.29 is 4.79 Å². The number of amides is 1. The van der Waals surface area contributed by atoms with Crippen molar-refractivity contribution in [1.82, 2.24) is 10.2 Å². The van der Waals surface area contributed by atoms with Crippen LogP contribution in [0.15, 0.2) is 0 Å². The number of carbonyl (C=O) groups is 1. The monoisotopic (exact) mass is 239 g/mol. The number of nitrogens with two attached hydrogens (primary N) is 1. The average molecular weight is 239 g/mol. The molecule has 0 bridgehead atoms. The summed E-state index contributed by atoms with van der Waals surface area (Å²) in [7, 11) is 0. The van der Waals surface area contributed by atoms with Gasteiger partial charge in [-0.2, -0.15) is 0 Å². The molecule has 0 radical (unpaired) electrons. The van der Waals surface area contributed by atoms with Gasteiger partial charge in [-0.1, -0.05) is 6.92 Å². The Kier molecular flexibility index (Phi) is 4.40. The van der Waals surface area contributed by atoms with Crippen LogP contribution < -0.4 is 11.1 Å². The largest absolute Gasteiger partial charge is 0.355 e. The Balaban J connectivity index is 1.76. The maximum Gasteiger partial charge on any atom is 0.234 e. The fourth-order valence-corrected chi connectivity index (χ4v) is 2.73. The maximum absolute atomic E-state index is 11.8. The SMILES string of the molecule is CC1CCCN(CC(=O)NCC2CC2)C1CN. The number of rotatable bonds is 5. The van der Waals surface area contributed by atoms with Crippen molar-refractivity contribution in [1.29, 1.82) is 0 Å². The molecule has 0 aromatic carbocycles. The zero-order valence-electron chi connectivity index (χ0n) is 10.8. The Bertz CT molecular complexity index is 265. The summed E-state index contributed by atoms with van der Waals surface area (Å²) in [5.41, 5.74) is 5.82. The molecule has 98 valence electrons. The van der Waals surface area contributed by atoms with Gasteiger partial charge in [-0.25, -0.2) is 0 Å². The number of carbonyl (C=O) groups excluding carboxylic acids is 1. The van der Waals surface area contributed by atoms with Gasteiger partial charge < -0.3 is 11.1 Å². The van der Waals surface area contributed by atoms with E-state index in [1.165, 1.54) is 25.7 Å². The summed E-state index contributed by atoms with van der Waals surface area (Å²) in [5, 5.41) is 3.03. The fourth-order valence-electron chi connectivity index (χ4n) is 2.73. The molecule has 2 aliphatic rings. The van der Waals surface area contributed by atoms with E-state index in [0.29, 0.717) is 25.0 Å². The van der Waals surface area contributed by atoms with Crippen LogP contribution >= 0.6 is 0 Å². The maximum atomic E-state index is 11.8. The highest BCUT2D eigenvalue weighted by Gasteiger charge is 2.29. The van der Waals surface area contributed by atoms with Gasteiger partial charge in [-0.05, 0) is 44.1 Å². The number of nitrogens with one attached hydrogen (secondary N) is 1. The van der Waals surface area contributed by atoms with E-state index < -0.39 is 0 Å². The minimum absolute atomic E-state index is 0.171. The third kappa shape index (κ3) is 3.68. The Morgan fingerprint density at radius 2 is 2.18 bits per heavy atom. The van der Waals surface area contributed by atoms with E-state index in [2.05, 4.69) is 17.1 Å². The summed E-state index contributed by atoms with van der Waals surface area (Å²) >= 11 is 0. The summed E-state index contributed by atoms with van der Waals surface area (Å²) in [6, 6.07) is 0.385. The summed E-state index contributed by atoms with van der Waals surface area (Å²) in [6.07, 6.45) is 4.99. The Hall–Kier alpha value is -0.610. The zero-order valence-corrected chi connectivity index (χ0v) is 10.8. The van der Waals surface area contributed by atoms with Crippen LogP contribution in [0.1, 0.15) is 32.6 Å². The molecular formula is C13H25N3O. The molecule has 17 heavy (non-hydrogen) atoms. The zero-order chi connectivity index (χ0) is 12.3. The first-order chi connectivity index (χ1) is 8.20. The van der Waals surface area contributed by atoms with Crippen molar-refractivity contribution in [2.45, 2.75) is 38.6 Å². The van der Waals surface area contributed by atoms with Crippen LogP contribution in [0.3, 0.4) is 0 Å². The molecule has 2 atom stereocenters. The van der Waals surface area contributed by atoms with Gasteiger partial charge in [0.25, 0.3) is 0 Å². The van der Waals surface area contributed by atoms with Crippen molar-refractivity contribution in [3.63, 3.8) is 0 Å². The molecule has 4 nitrogen and oxygen atoms in total. The molecule has 1 saturated carbocycles. The molecule has 0 aromatic rings. The average Bonchev–Trinajstić information content (AvgIpc) is 3.10. The van der Waals surface area contributed by atoms with Gasteiger partial charge in [0.15, 0.2) is 0 Å². The quantitative estimate of drug-likeness (QED) is 0.737. The van der Waals surface area contributed by atoms with Crippen LogP contribution in [0.5, 0.6) is 0 Å². The lowest BCUT2D eigenvalue weighted by atomic mass is 9.91. The highest BCUT2D eigenvalue weighted by Crippen LogP contribution is 2.27. The first-order valence-corrected chi connectivity index (χ1v) is 6.91. The van der Waals surface area contributed by atoms with Crippen LogP contribution in [-0.2, 0) is 4.79 Å². The highest BCUT2D eigenvalue weighted by atomic mass is 16.2. The van der Waals surface area contributed by atoms with Gasteiger partial charge in [0.1, 0.15) is 0 Å². The van der Waals surface area contributed by atoms with Crippen LogP contribution in [0, 0.1) is 11.8 Å². The van der Waals surface area contributed by atoms with Crippen LogP contribution in [0.25, 0.3) is 0 Å². The van der Waals surface area contributed by atoms with Crippen molar-refractivity contribution in [3.05, 3.63) is 0 Å². The van der Waals surface area contributed by atoms with Crippen molar-refractivity contribution >= 4 is 5.91 Å². The molecule has 1 aliphatic carbocycles. The van der Waals surface area contributed by atoms with Crippen LogP contribution in [0.4, 0.5) is 0 Å². The molecule has 0 aromatic heterocycles. The van der Waals surface area contributed by atoms with Gasteiger partial charge in [-0.3, -0.25) is 9.69 Å². The van der Waals surface area contributed by atoms with E-state index in [1.807, 2.05) is 0 Å². The minimum Gasteiger partial charge on any atom is -0.355 e. The van der Waals surface area contributed by atoms with Gasteiger partial charge >= 0.3 is 0 Å². The Morgan fingerprint density at radius 3 is 2.82 bits per heavy atom. The van der Waals surface area contributed by atoms with E-state index in [4.69, 9.17) is 5.73 Å². The third-order valence-electron chi connectivity index (χ3n) is 4.10. The Morgan fingerprint density at radius 1 is 1.41 bits per heavy atom. The van der Waals surface area contributed by atoms with E-state index >= 15 is 0 Å². The van der Waals surface area contributed by atoms with Crippen LogP contribution in [-0.4, -0.2) is 43.0 Å². The number of piperidine rings is 1. The molecule has 4 heteroatoms. The normalized spacial score (nSPS) is 30.2. The second-order valence-electron chi connectivity index (χ2n) is 5.64. The summed E-state index contributed by atoms with van der Waals surface area (Å²) in [4.78, 5) is 14.1. The molecule has 2 unspecified atom stereocenters. The van der Waals surface area contributed by atoms with E-state index in [-0.39, 0.29) is 5.91 Å². The van der Waals surface area contributed by atoms with Gasteiger partial charge in [0, 0.05) is 19.1 Å². The summed E-state index contributed by atoms with van der Waals surface area (Å²) in [6.45, 7) is 5.32. The highest BCUT2D eigenvalue weighted by molar-refractivity contribution is 5.78. The lowest BCUT2D eigenvalue weighted by Crippen LogP contribution is -2.52. The smallest absolute Gasteiger partial charge is 0.234 e. The lowest BCUT2D eigenvalue weighted by molar-refractivity contribution is -0.123. The topological polar surface area (TPSA) is 58.4 Å². The summed E-state index contributed by atoms with van der Waals surface area (Å²) < 4.78 is 0. The molecule has 2 fully saturated rings. The van der Waals surface area contributed by atoms with Crippen LogP contribution in [0.2, 0.25) is 0 Å². The first-order valence-electron chi connectivity index (χ1n) is 6.91. The predicted molar refractivity (Wildman–Crippen MR) is 68.5 cm³/mol. The van der Waals surface area contributed by atoms with E-state index in [1.54, 1.807) is 0 Å². The number of hydrogen-bond acceptors (Lipinski definition) is 3. The molecule has 1 aliphatic heterocycles. The second-order valence-corrected chi connectivity index (χ2v) is 5.64. The van der Waals surface area contributed by atoms with Gasteiger partial charge in [-0.15, -0.1) is 0 Å². The molecule has 3 N–H and O–H groups in total. The minimum atomic E-state index is 0.171. The van der Waals surface area contributed by atoms with Crippen molar-refractivity contribution in [2.75, 3.05) is 26.2 Å². The Labute approximate surface area is 104 Å². The fraction of sp³-hybridized carbons (Fsp3) is 0.923. The van der Waals surface area contributed by atoms with Gasteiger partial charge in [0.05, 0.1) is 6.54 Å². The second kappa shape index (κ2) is 5.83. The standard InChI is InChI=1S/C13H25N3O/c1-10-3-2-6-16(12(10)7-14)9-13(17)15-8-11-4-5-11/h10-12H,2-9,14H2,1H3,(H,15,17).